The summed E-state index contributed by atoms with van der Waals surface area (Å²) in [6.07, 6.45) is 2.20. The van der Waals surface area contributed by atoms with Crippen LogP contribution in [0.5, 0.6) is 0 Å². The number of hydrogen-bond acceptors (Lipinski definition) is 4. The molecule has 4 nitrogen and oxygen atoms in total. The van der Waals surface area contributed by atoms with Gasteiger partial charge in [-0.1, -0.05) is 43.7 Å². The molecule has 2 rings (SSSR count). The maximum Gasteiger partial charge on any atom is 0.211 e. The normalized spacial score (nSPS) is 11.7. The van der Waals surface area contributed by atoms with Gasteiger partial charge in [0.2, 0.25) is 10.0 Å². The summed E-state index contributed by atoms with van der Waals surface area (Å²) in [7, 11) is -3.13. The molecule has 0 atom stereocenters. The van der Waals surface area contributed by atoms with Crippen molar-refractivity contribution < 1.29 is 8.42 Å². The third kappa shape index (κ3) is 5.22. The number of aromatic nitrogens is 1. The van der Waals surface area contributed by atoms with Crippen molar-refractivity contribution in [1.29, 1.82) is 0 Å². The van der Waals surface area contributed by atoms with Crippen LogP contribution in [0.25, 0.3) is 10.6 Å². The van der Waals surface area contributed by atoms with Gasteiger partial charge in [-0.05, 0) is 6.42 Å². The second kappa shape index (κ2) is 7.68. The van der Waals surface area contributed by atoms with Crippen molar-refractivity contribution in [1.82, 2.24) is 9.71 Å². The zero-order valence-corrected chi connectivity index (χ0v) is 13.7. The van der Waals surface area contributed by atoms with Gasteiger partial charge in [-0.3, -0.25) is 0 Å². The molecule has 0 amide bonds. The Labute approximate surface area is 130 Å². The van der Waals surface area contributed by atoms with Crippen molar-refractivity contribution in [2.24, 2.45) is 0 Å². The number of rotatable bonds is 8. The molecule has 1 N–H and O–H groups in total. The van der Waals surface area contributed by atoms with Gasteiger partial charge in [-0.15, -0.1) is 11.3 Å². The monoisotopic (exact) mass is 324 g/mol. The topological polar surface area (TPSA) is 59.1 Å². The highest BCUT2D eigenvalue weighted by molar-refractivity contribution is 7.89. The maximum atomic E-state index is 11.7. The highest BCUT2D eigenvalue weighted by Crippen LogP contribution is 2.23. The van der Waals surface area contributed by atoms with Crippen LogP contribution in [0.3, 0.4) is 0 Å². The summed E-state index contributed by atoms with van der Waals surface area (Å²) in [6.45, 7) is 2.39. The largest absolute Gasteiger partial charge is 0.241 e. The predicted molar refractivity (Wildman–Crippen MR) is 88.0 cm³/mol. The molecule has 0 fully saturated rings. The summed E-state index contributed by atoms with van der Waals surface area (Å²) in [5.41, 5.74) is 2.02. The lowest BCUT2D eigenvalue weighted by Gasteiger charge is -2.04. The molecule has 0 spiro atoms. The number of nitrogens with one attached hydrogen (secondary N) is 1. The van der Waals surface area contributed by atoms with Gasteiger partial charge in [0.05, 0.1) is 11.4 Å². The van der Waals surface area contributed by atoms with Gasteiger partial charge < -0.3 is 0 Å². The number of sulfonamides is 1. The van der Waals surface area contributed by atoms with Gasteiger partial charge in [0.15, 0.2) is 0 Å². The van der Waals surface area contributed by atoms with E-state index in [0.717, 1.165) is 22.7 Å². The smallest absolute Gasteiger partial charge is 0.211 e. The summed E-state index contributed by atoms with van der Waals surface area (Å²) in [4.78, 5) is 4.55. The standard InChI is InChI=1S/C15H20N2O2S2/c1-2-3-11-21(18,19)16-10-9-14-12-20-15(17-14)13-7-5-4-6-8-13/h4-8,12,16H,2-3,9-11H2,1H3. The molecule has 1 heterocycles. The van der Waals surface area contributed by atoms with Crippen LogP contribution in [0.1, 0.15) is 25.5 Å². The molecule has 21 heavy (non-hydrogen) atoms. The highest BCUT2D eigenvalue weighted by Gasteiger charge is 2.09. The van der Waals surface area contributed by atoms with Gasteiger partial charge in [-0.25, -0.2) is 18.1 Å². The van der Waals surface area contributed by atoms with Crippen LogP contribution >= 0.6 is 11.3 Å². The van der Waals surface area contributed by atoms with Crippen LogP contribution in [0.4, 0.5) is 0 Å². The molecule has 0 unspecified atom stereocenters. The van der Waals surface area contributed by atoms with E-state index in [1.807, 2.05) is 42.6 Å². The molecule has 114 valence electrons. The summed E-state index contributed by atoms with van der Waals surface area (Å²) in [5.74, 6) is 0.204. The summed E-state index contributed by atoms with van der Waals surface area (Å²) >= 11 is 1.59. The van der Waals surface area contributed by atoms with E-state index in [2.05, 4.69) is 9.71 Å². The predicted octanol–water partition coefficient (Wildman–Crippen LogP) is 3.07. The van der Waals surface area contributed by atoms with E-state index >= 15 is 0 Å². The lowest BCUT2D eigenvalue weighted by molar-refractivity contribution is 0.578. The van der Waals surface area contributed by atoms with Crippen molar-refractivity contribution in [3.8, 4) is 10.6 Å². The Bertz CT molecular complexity index is 651. The zero-order valence-electron chi connectivity index (χ0n) is 12.1. The average Bonchev–Trinajstić information content (AvgIpc) is 2.95. The first-order valence-corrected chi connectivity index (χ1v) is 9.61. The molecular formula is C15H20N2O2S2. The Morgan fingerprint density at radius 1 is 1.24 bits per heavy atom. The maximum absolute atomic E-state index is 11.7. The summed E-state index contributed by atoms with van der Waals surface area (Å²) in [5, 5.41) is 2.96. The van der Waals surface area contributed by atoms with E-state index < -0.39 is 10.0 Å². The summed E-state index contributed by atoms with van der Waals surface area (Å²) < 4.78 is 26.0. The minimum absolute atomic E-state index is 0.204. The van der Waals surface area contributed by atoms with Crippen molar-refractivity contribution in [3.05, 3.63) is 41.4 Å². The molecule has 6 heteroatoms. The Morgan fingerprint density at radius 2 is 2.00 bits per heavy atom. The fraction of sp³-hybridized carbons (Fsp3) is 0.400. The molecule has 0 saturated carbocycles. The van der Waals surface area contributed by atoms with Gasteiger partial charge in [0.25, 0.3) is 0 Å². The van der Waals surface area contributed by atoms with Gasteiger partial charge in [0, 0.05) is 23.9 Å². The van der Waals surface area contributed by atoms with E-state index in [1.165, 1.54) is 0 Å². The van der Waals surface area contributed by atoms with Crippen LogP contribution in [0, 0.1) is 0 Å². The molecule has 0 aliphatic rings. The van der Waals surface area contributed by atoms with Crippen molar-refractivity contribution in [3.63, 3.8) is 0 Å². The first kappa shape index (κ1) is 16.1. The fourth-order valence-corrected chi connectivity index (χ4v) is 3.96. The second-order valence-electron chi connectivity index (χ2n) is 4.83. The van der Waals surface area contributed by atoms with E-state index in [1.54, 1.807) is 11.3 Å². The fourth-order valence-electron chi connectivity index (χ4n) is 1.88. The van der Waals surface area contributed by atoms with Crippen molar-refractivity contribution in [2.75, 3.05) is 12.3 Å². The number of thiazole rings is 1. The lowest BCUT2D eigenvalue weighted by Crippen LogP contribution is -2.28. The van der Waals surface area contributed by atoms with Crippen LogP contribution in [0.2, 0.25) is 0 Å². The zero-order chi connectivity index (χ0) is 15.1. The first-order chi connectivity index (χ1) is 10.1. The van der Waals surface area contributed by atoms with E-state index in [9.17, 15) is 8.42 Å². The Hall–Kier alpha value is -1.24. The molecule has 0 saturated heterocycles. The Morgan fingerprint density at radius 3 is 2.71 bits per heavy atom. The molecule has 1 aromatic carbocycles. The third-order valence-electron chi connectivity index (χ3n) is 3.04. The van der Waals surface area contributed by atoms with Crippen molar-refractivity contribution >= 4 is 21.4 Å². The molecule has 2 aromatic rings. The Balaban J connectivity index is 1.86. The number of hydrogen-bond donors (Lipinski definition) is 1. The molecule has 0 aliphatic carbocycles. The molecule has 0 radical (unpaired) electrons. The molecular weight excluding hydrogens is 304 g/mol. The average molecular weight is 324 g/mol. The van der Waals surface area contributed by atoms with Gasteiger partial charge in [0.1, 0.15) is 5.01 Å². The third-order valence-corrected chi connectivity index (χ3v) is 5.45. The Kier molecular flexibility index (Phi) is 5.90. The first-order valence-electron chi connectivity index (χ1n) is 7.08. The molecule has 1 aromatic heterocycles. The highest BCUT2D eigenvalue weighted by atomic mass is 32.2. The van der Waals surface area contributed by atoms with E-state index in [0.29, 0.717) is 19.4 Å². The number of unbranched alkanes of at least 4 members (excludes halogenated alkanes) is 1. The second-order valence-corrected chi connectivity index (χ2v) is 7.61. The SMILES string of the molecule is CCCCS(=O)(=O)NCCc1csc(-c2ccccc2)n1. The lowest BCUT2D eigenvalue weighted by atomic mass is 10.2. The summed E-state index contributed by atoms with van der Waals surface area (Å²) in [6, 6.07) is 9.99. The number of nitrogens with zero attached hydrogens (tertiary/aromatic N) is 1. The molecule has 0 aliphatic heterocycles. The van der Waals surface area contributed by atoms with Crippen molar-refractivity contribution in [2.45, 2.75) is 26.2 Å². The number of benzene rings is 1. The quantitative estimate of drug-likeness (QED) is 0.812. The van der Waals surface area contributed by atoms with E-state index in [4.69, 9.17) is 0 Å². The van der Waals surface area contributed by atoms with Crippen LogP contribution < -0.4 is 4.72 Å². The van der Waals surface area contributed by atoms with Crippen LogP contribution in [0.15, 0.2) is 35.7 Å². The van der Waals surface area contributed by atoms with E-state index in [-0.39, 0.29) is 5.75 Å². The van der Waals surface area contributed by atoms with Gasteiger partial charge >= 0.3 is 0 Å². The molecule has 0 bridgehead atoms. The van der Waals surface area contributed by atoms with Crippen LogP contribution in [-0.2, 0) is 16.4 Å². The minimum Gasteiger partial charge on any atom is -0.241 e. The minimum atomic E-state index is -3.13. The van der Waals surface area contributed by atoms with Gasteiger partial charge in [-0.2, -0.15) is 0 Å². The van der Waals surface area contributed by atoms with Crippen LogP contribution in [-0.4, -0.2) is 25.7 Å².